The van der Waals surface area contributed by atoms with Crippen LogP contribution in [-0.2, 0) is 0 Å². The number of benzene rings is 2. The van der Waals surface area contributed by atoms with Gasteiger partial charge >= 0.3 is 0 Å². The Kier molecular flexibility index (Phi) is 4.32. The number of hydrogen-bond donors (Lipinski definition) is 1. The first-order valence-corrected chi connectivity index (χ1v) is 7.79. The van der Waals surface area contributed by atoms with Gasteiger partial charge in [0.2, 0.25) is 0 Å². The van der Waals surface area contributed by atoms with Gasteiger partial charge in [0.05, 0.1) is 21.8 Å². The molecule has 0 saturated carbocycles. The molecule has 21 heavy (non-hydrogen) atoms. The van der Waals surface area contributed by atoms with E-state index in [1.54, 1.807) is 18.2 Å². The van der Waals surface area contributed by atoms with Gasteiger partial charge in [-0.15, -0.1) is 0 Å². The molecule has 0 radical (unpaired) electrons. The van der Waals surface area contributed by atoms with Crippen LogP contribution in [0.2, 0.25) is 20.1 Å². The fourth-order valence-electron chi connectivity index (χ4n) is 2.38. The Morgan fingerprint density at radius 3 is 1.95 bits per heavy atom. The quantitative estimate of drug-likeness (QED) is 0.726. The van der Waals surface area contributed by atoms with Gasteiger partial charge in [-0.1, -0.05) is 58.5 Å². The van der Waals surface area contributed by atoms with Crippen LogP contribution in [0.1, 0.15) is 23.6 Å². The summed E-state index contributed by atoms with van der Waals surface area (Å²) in [7, 11) is 0. The van der Waals surface area contributed by atoms with Crippen molar-refractivity contribution in [3.8, 4) is 0 Å². The highest BCUT2D eigenvalue weighted by atomic mass is 35.5. The molecule has 1 atom stereocenters. The van der Waals surface area contributed by atoms with Crippen LogP contribution in [0.3, 0.4) is 0 Å². The summed E-state index contributed by atoms with van der Waals surface area (Å²) in [5.74, 6) is 0. The molecule has 0 bridgehead atoms. The lowest BCUT2D eigenvalue weighted by Gasteiger charge is -2.14. The fraction of sp³-hybridized carbons (Fsp3) is 0.133. The molecule has 1 aliphatic rings. The number of nitrogens with one attached hydrogen (secondary N) is 1. The summed E-state index contributed by atoms with van der Waals surface area (Å²) in [4.78, 5) is 0. The summed E-state index contributed by atoms with van der Waals surface area (Å²) in [5.41, 5.74) is 5.44. The zero-order valence-electron chi connectivity index (χ0n) is 10.7. The van der Waals surface area contributed by atoms with Crippen LogP contribution in [0.4, 0.5) is 0 Å². The molecule has 2 aromatic carbocycles. The number of rotatable bonds is 2. The average Bonchev–Trinajstić information content (AvgIpc) is 2.87. The normalized spacial score (nSPS) is 17.5. The highest BCUT2D eigenvalue weighted by Crippen LogP contribution is 2.36. The van der Waals surface area contributed by atoms with E-state index in [1.165, 1.54) is 0 Å². The molecule has 1 unspecified atom stereocenters. The molecule has 0 aromatic heterocycles. The second kappa shape index (κ2) is 6.05. The van der Waals surface area contributed by atoms with Crippen molar-refractivity contribution in [3.63, 3.8) is 0 Å². The largest absolute Gasteiger partial charge is 0.302 e. The molecule has 6 heteroatoms. The van der Waals surface area contributed by atoms with Crippen LogP contribution in [0.25, 0.3) is 0 Å². The minimum absolute atomic E-state index is 0.0893. The average molecular weight is 360 g/mol. The monoisotopic (exact) mass is 358 g/mol. The summed E-state index contributed by atoms with van der Waals surface area (Å²) < 4.78 is 0. The summed E-state index contributed by atoms with van der Waals surface area (Å²) in [6.07, 6.45) is 0.618. The summed E-state index contributed by atoms with van der Waals surface area (Å²) in [6.45, 7) is 0. The Balaban J connectivity index is 1.92. The van der Waals surface area contributed by atoms with Crippen LogP contribution in [-0.4, -0.2) is 5.71 Å². The maximum atomic E-state index is 6.24. The molecule has 1 heterocycles. The topological polar surface area (TPSA) is 24.4 Å². The van der Waals surface area contributed by atoms with E-state index < -0.39 is 0 Å². The summed E-state index contributed by atoms with van der Waals surface area (Å²) in [6, 6.07) is 10.7. The van der Waals surface area contributed by atoms with Gasteiger partial charge in [-0.05, 0) is 24.3 Å². The SMILES string of the molecule is Clc1cccc(Cl)c1C1=NNC(c2c(Cl)cccc2Cl)C1. The van der Waals surface area contributed by atoms with Crippen LogP contribution < -0.4 is 5.43 Å². The Morgan fingerprint density at radius 1 is 0.857 bits per heavy atom. The second-order valence-electron chi connectivity index (χ2n) is 4.68. The van der Waals surface area contributed by atoms with E-state index in [0.717, 1.165) is 16.8 Å². The zero-order valence-corrected chi connectivity index (χ0v) is 13.7. The van der Waals surface area contributed by atoms with E-state index in [9.17, 15) is 0 Å². The van der Waals surface area contributed by atoms with Gasteiger partial charge in [-0.3, -0.25) is 0 Å². The van der Waals surface area contributed by atoms with Crippen molar-refractivity contribution < 1.29 is 0 Å². The summed E-state index contributed by atoms with van der Waals surface area (Å²) in [5, 5.41) is 6.73. The van der Waals surface area contributed by atoms with E-state index in [1.807, 2.05) is 18.2 Å². The van der Waals surface area contributed by atoms with Crippen molar-refractivity contribution in [2.75, 3.05) is 0 Å². The van der Waals surface area contributed by atoms with Crippen molar-refractivity contribution in [3.05, 3.63) is 67.6 Å². The van der Waals surface area contributed by atoms with Gasteiger partial charge in [0.15, 0.2) is 0 Å². The molecule has 2 aromatic rings. The van der Waals surface area contributed by atoms with E-state index in [2.05, 4.69) is 10.5 Å². The van der Waals surface area contributed by atoms with Crippen molar-refractivity contribution >= 4 is 52.1 Å². The lowest BCUT2D eigenvalue weighted by Crippen LogP contribution is -2.11. The van der Waals surface area contributed by atoms with E-state index >= 15 is 0 Å². The lowest BCUT2D eigenvalue weighted by molar-refractivity contribution is 0.620. The third-order valence-corrected chi connectivity index (χ3v) is 4.64. The van der Waals surface area contributed by atoms with Gasteiger partial charge in [-0.2, -0.15) is 5.10 Å². The van der Waals surface area contributed by atoms with Crippen molar-refractivity contribution in [1.29, 1.82) is 0 Å². The molecular formula is C15H10Cl4N2. The summed E-state index contributed by atoms with van der Waals surface area (Å²) >= 11 is 24.9. The molecule has 3 rings (SSSR count). The predicted molar refractivity (Wildman–Crippen MR) is 90.0 cm³/mol. The van der Waals surface area contributed by atoms with E-state index in [4.69, 9.17) is 46.4 Å². The molecule has 0 saturated heterocycles. The Hall–Kier alpha value is -0.930. The molecule has 0 amide bonds. The minimum atomic E-state index is -0.0893. The van der Waals surface area contributed by atoms with E-state index in [0.29, 0.717) is 26.5 Å². The van der Waals surface area contributed by atoms with E-state index in [-0.39, 0.29) is 6.04 Å². The minimum Gasteiger partial charge on any atom is -0.302 e. The molecule has 108 valence electrons. The molecule has 0 fully saturated rings. The van der Waals surface area contributed by atoms with Gasteiger partial charge < -0.3 is 5.43 Å². The number of hydrazone groups is 1. The highest BCUT2D eigenvalue weighted by Gasteiger charge is 2.27. The van der Waals surface area contributed by atoms with Crippen molar-refractivity contribution in [2.45, 2.75) is 12.5 Å². The van der Waals surface area contributed by atoms with Gasteiger partial charge in [0, 0.05) is 27.6 Å². The predicted octanol–water partition coefficient (Wildman–Crippen LogP) is 5.74. The third kappa shape index (κ3) is 2.86. The fourth-order valence-corrected chi connectivity index (χ4v) is 3.66. The maximum Gasteiger partial charge on any atom is 0.0774 e. The van der Waals surface area contributed by atoms with Gasteiger partial charge in [-0.25, -0.2) is 0 Å². The first kappa shape index (κ1) is 15.0. The zero-order chi connectivity index (χ0) is 15.0. The number of halogens is 4. The number of hydrogen-bond acceptors (Lipinski definition) is 2. The molecule has 1 aliphatic heterocycles. The Morgan fingerprint density at radius 2 is 1.38 bits per heavy atom. The first-order chi connectivity index (χ1) is 10.1. The van der Waals surface area contributed by atoms with Crippen molar-refractivity contribution in [1.82, 2.24) is 5.43 Å². The third-order valence-electron chi connectivity index (χ3n) is 3.35. The highest BCUT2D eigenvalue weighted by molar-refractivity contribution is 6.40. The molecule has 0 spiro atoms. The first-order valence-electron chi connectivity index (χ1n) is 6.28. The Labute approximate surface area is 142 Å². The molecular weight excluding hydrogens is 350 g/mol. The van der Waals surface area contributed by atoms with Crippen LogP contribution >= 0.6 is 46.4 Å². The number of nitrogens with zero attached hydrogens (tertiary/aromatic N) is 1. The molecule has 1 N–H and O–H groups in total. The molecule has 0 aliphatic carbocycles. The standard InChI is InChI=1S/C15H10Cl4N2/c16-8-3-1-4-9(17)14(8)12-7-13(21-20-12)15-10(18)5-2-6-11(15)19/h1-6,12,20H,7H2. The maximum absolute atomic E-state index is 6.24. The second-order valence-corrected chi connectivity index (χ2v) is 6.31. The van der Waals surface area contributed by atoms with Gasteiger partial charge in [0.1, 0.15) is 0 Å². The van der Waals surface area contributed by atoms with Gasteiger partial charge in [0.25, 0.3) is 0 Å². The molecule has 2 nitrogen and oxygen atoms in total. The van der Waals surface area contributed by atoms with Crippen LogP contribution in [0.5, 0.6) is 0 Å². The van der Waals surface area contributed by atoms with Crippen LogP contribution in [0.15, 0.2) is 41.5 Å². The Bertz CT molecular complexity index is 687. The smallest absolute Gasteiger partial charge is 0.0774 e. The van der Waals surface area contributed by atoms with Crippen molar-refractivity contribution in [2.24, 2.45) is 5.10 Å². The van der Waals surface area contributed by atoms with Crippen LogP contribution in [0, 0.1) is 0 Å². The lowest BCUT2D eigenvalue weighted by atomic mass is 9.99.